The van der Waals surface area contributed by atoms with Crippen LogP contribution < -0.4 is 0 Å². The molecule has 0 aliphatic heterocycles. The van der Waals surface area contributed by atoms with Crippen LogP contribution in [0, 0.1) is 0 Å². The lowest BCUT2D eigenvalue weighted by atomic mass is 10.1. The minimum atomic E-state index is 1.15. The van der Waals surface area contributed by atoms with E-state index in [9.17, 15) is 0 Å². The number of allylic oxidation sites excluding steroid dienone is 2. The van der Waals surface area contributed by atoms with Crippen LogP contribution in [0.15, 0.2) is 11.8 Å². The summed E-state index contributed by atoms with van der Waals surface area (Å²) in [6, 6.07) is 0. The monoisotopic (exact) mass is 210 g/mol. The molecule has 15 heavy (non-hydrogen) atoms. The number of methoxy groups -OCH3 is 1. The first kappa shape index (κ1) is 12.6. The zero-order valence-electron chi connectivity index (χ0n) is 10.3. The Morgan fingerprint density at radius 1 is 0.800 bits per heavy atom. The lowest BCUT2D eigenvalue weighted by Crippen LogP contribution is -1.88. The van der Waals surface area contributed by atoms with Crippen LogP contribution in [0.5, 0.6) is 0 Å². The van der Waals surface area contributed by atoms with E-state index >= 15 is 0 Å². The van der Waals surface area contributed by atoms with Gasteiger partial charge in [0.15, 0.2) is 0 Å². The van der Waals surface area contributed by atoms with Crippen LogP contribution in [0.2, 0.25) is 0 Å². The van der Waals surface area contributed by atoms with E-state index in [1.165, 1.54) is 70.0 Å². The van der Waals surface area contributed by atoms with E-state index in [-0.39, 0.29) is 0 Å². The van der Waals surface area contributed by atoms with Gasteiger partial charge in [-0.3, -0.25) is 0 Å². The first-order chi connectivity index (χ1) is 7.43. The van der Waals surface area contributed by atoms with Crippen LogP contribution in [-0.2, 0) is 4.74 Å². The van der Waals surface area contributed by atoms with Crippen molar-refractivity contribution < 1.29 is 4.74 Å². The highest BCUT2D eigenvalue weighted by atomic mass is 16.5. The highest BCUT2D eigenvalue weighted by Crippen LogP contribution is 2.16. The Kier molecular flexibility index (Phi) is 7.41. The Balaban J connectivity index is 2.28. The fraction of sp³-hybridized carbons (Fsp3) is 0.857. The first-order valence-electron chi connectivity index (χ1n) is 6.66. The minimum absolute atomic E-state index is 1.15. The summed E-state index contributed by atoms with van der Waals surface area (Å²) in [6.45, 7) is 0. The second-order valence-electron chi connectivity index (χ2n) is 4.60. The van der Waals surface area contributed by atoms with Crippen molar-refractivity contribution in [1.29, 1.82) is 0 Å². The molecule has 0 radical (unpaired) electrons. The Bertz CT molecular complexity index is 172. The van der Waals surface area contributed by atoms with Gasteiger partial charge < -0.3 is 4.74 Å². The van der Waals surface area contributed by atoms with Gasteiger partial charge in [0.25, 0.3) is 0 Å². The Labute approximate surface area is 94.9 Å². The minimum Gasteiger partial charge on any atom is -0.501 e. The topological polar surface area (TPSA) is 9.23 Å². The van der Waals surface area contributed by atoms with Gasteiger partial charge in [-0.1, -0.05) is 44.9 Å². The van der Waals surface area contributed by atoms with Crippen LogP contribution in [-0.4, -0.2) is 7.11 Å². The molecule has 0 N–H and O–H groups in total. The van der Waals surface area contributed by atoms with Crippen molar-refractivity contribution in [3.05, 3.63) is 11.8 Å². The molecule has 0 bridgehead atoms. The van der Waals surface area contributed by atoms with Crippen LogP contribution in [0.25, 0.3) is 0 Å². The molecule has 0 aromatic carbocycles. The summed E-state index contributed by atoms with van der Waals surface area (Å²) >= 11 is 0. The zero-order valence-corrected chi connectivity index (χ0v) is 10.3. The molecule has 0 atom stereocenters. The van der Waals surface area contributed by atoms with E-state index in [1.54, 1.807) is 0 Å². The van der Waals surface area contributed by atoms with E-state index in [2.05, 4.69) is 6.08 Å². The molecule has 0 spiro atoms. The average molecular weight is 210 g/mol. The maximum absolute atomic E-state index is 5.39. The second-order valence-corrected chi connectivity index (χ2v) is 4.60. The molecule has 0 amide bonds. The molecule has 0 fully saturated rings. The molecule has 1 heteroatoms. The summed E-state index contributed by atoms with van der Waals surface area (Å²) < 4.78 is 5.39. The first-order valence-corrected chi connectivity index (χ1v) is 6.66. The Morgan fingerprint density at radius 3 is 1.93 bits per heavy atom. The van der Waals surface area contributed by atoms with Gasteiger partial charge in [0.2, 0.25) is 0 Å². The van der Waals surface area contributed by atoms with Crippen molar-refractivity contribution >= 4 is 0 Å². The van der Waals surface area contributed by atoms with Crippen molar-refractivity contribution in [3.63, 3.8) is 0 Å². The smallest absolute Gasteiger partial charge is 0.0915 e. The highest BCUT2D eigenvalue weighted by molar-refractivity contribution is 4.92. The van der Waals surface area contributed by atoms with E-state index in [1.807, 2.05) is 7.11 Å². The predicted molar refractivity (Wildman–Crippen MR) is 65.9 cm³/mol. The largest absolute Gasteiger partial charge is 0.501 e. The number of hydrogen-bond acceptors (Lipinski definition) is 1. The van der Waals surface area contributed by atoms with Crippen LogP contribution in [0.3, 0.4) is 0 Å². The molecule has 1 aliphatic rings. The van der Waals surface area contributed by atoms with E-state index < -0.39 is 0 Å². The molecule has 0 aromatic rings. The van der Waals surface area contributed by atoms with Crippen molar-refractivity contribution in [3.8, 4) is 0 Å². The number of hydrogen-bond donors (Lipinski definition) is 0. The molecule has 1 rings (SSSR count). The summed E-state index contributed by atoms with van der Waals surface area (Å²) in [5.41, 5.74) is 0. The van der Waals surface area contributed by atoms with E-state index in [0.29, 0.717) is 0 Å². The van der Waals surface area contributed by atoms with Gasteiger partial charge in [0, 0.05) is 6.42 Å². The van der Waals surface area contributed by atoms with Crippen molar-refractivity contribution in [1.82, 2.24) is 0 Å². The van der Waals surface area contributed by atoms with Crippen LogP contribution in [0.4, 0.5) is 0 Å². The molecule has 88 valence electrons. The van der Waals surface area contributed by atoms with Gasteiger partial charge >= 0.3 is 0 Å². The third kappa shape index (κ3) is 6.59. The van der Waals surface area contributed by atoms with Gasteiger partial charge in [0.05, 0.1) is 12.9 Å². The quantitative estimate of drug-likeness (QED) is 0.603. The molecular formula is C14H26O. The molecule has 0 saturated heterocycles. The van der Waals surface area contributed by atoms with Crippen LogP contribution >= 0.6 is 0 Å². The van der Waals surface area contributed by atoms with Gasteiger partial charge in [-0.2, -0.15) is 0 Å². The number of ether oxygens (including phenoxy) is 1. The van der Waals surface area contributed by atoms with Gasteiger partial charge in [0.1, 0.15) is 0 Å². The van der Waals surface area contributed by atoms with Gasteiger partial charge in [-0.25, -0.2) is 0 Å². The summed E-state index contributed by atoms with van der Waals surface area (Å²) in [6.07, 6.45) is 17.3. The maximum Gasteiger partial charge on any atom is 0.0915 e. The normalized spacial score (nSPS) is 25.3. The summed E-state index contributed by atoms with van der Waals surface area (Å²) in [4.78, 5) is 0. The van der Waals surface area contributed by atoms with E-state index in [0.717, 1.165) is 6.42 Å². The SMILES string of the molecule is CO/C1=C\CCCCCCCCCCC1. The molecule has 1 nitrogen and oxygen atoms in total. The summed E-state index contributed by atoms with van der Waals surface area (Å²) in [5.74, 6) is 1.22. The Hall–Kier alpha value is -0.460. The standard InChI is InChI=1S/C14H26O/c1-15-14-12-10-8-6-4-2-3-5-7-9-11-13-14/h12H,2-11,13H2,1H3/b14-12-. The lowest BCUT2D eigenvalue weighted by Gasteiger charge is -2.05. The zero-order chi connectivity index (χ0) is 10.8. The van der Waals surface area contributed by atoms with E-state index in [4.69, 9.17) is 4.74 Å². The molecular weight excluding hydrogens is 184 g/mol. The lowest BCUT2D eigenvalue weighted by molar-refractivity contribution is 0.272. The summed E-state index contributed by atoms with van der Waals surface area (Å²) in [7, 11) is 1.81. The van der Waals surface area contributed by atoms with Crippen molar-refractivity contribution in [2.75, 3.05) is 7.11 Å². The second kappa shape index (κ2) is 8.82. The molecule has 0 saturated carbocycles. The highest BCUT2D eigenvalue weighted by Gasteiger charge is 1.99. The van der Waals surface area contributed by atoms with Crippen molar-refractivity contribution in [2.45, 2.75) is 70.6 Å². The van der Waals surface area contributed by atoms with Gasteiger partial charge in [-0.15, -0.1) is 0 Å². The predicted octanol–water partition coefficient (Wildman–Crippen LogP) is 4.82. The molecule has 1 aliphatic carbocycles. The Morgan fingerprint density at radius 2 is 1.33 bits per heavy atom. The molecule has 0 aromatic heterocycles. The van der Waals surface area contributed by atoms with Gasteiger partial charge in [-0.05, 0) is 25.3 Å². The third-order valence-corrected chi connectivity index (χ3v) is 3.26. The number of rotatable bonds is 1. The van der Waals surface area contributed by atoms with Crippen LogP contribution in [0.1, 0.15) is 70.6 Å². The average Bonchev–Trinajstić information content (AvgIpc) is 2.29. The molecule has 0 unspecified atom stereocenters. The molecule has 0 heterocycles. The summed E-state index contributed by atoms with van der Waals surface area (Å²) in [5, 5.41) is 0. The van der Waals surface area contributed by atoms with Crippen molar-refractivity contribution in [2.24, 2.45) is 0 Å². The third-order valence-electron chi connectivity index (χ3n) is 3.26. The fourth-order valence-electron chi connectivity index (χ4n) is 2.23. The fourth-order valence-corrected chi connectivity index (χ4v) is 2.23. The maximum atomic E-state index is 5.39.